The van der Waals surface area contributed by atoms with Gasteiger partial charge < -0.3 is 10.2 Å². The number of anilines is 2. The Hall–Kier alpha value is -2.04. The number of carbonyl (C=O) groups excluding carboxylic acids is 2. The van der Waals surface area contributed by atoms with Crippen molar-refractivity contribution in [2.45, 2.75) is 44.6 Å². The first-order chi connectivity index (χ1) is 10.5. The van der Waals surface area contributed by atoms with Crippen molar-refractivity contribution < 1.29 is 9.59 Å². The van der Waals surface area contributed by atoms with Gasteiger partial charge in [0.2, 0.25) is 0 Å². The van der Waals surface area contributed by atoms with Crippen LogP contribution in [0.2, 0.25) is 0 Å². The number of nitrogens with one attached hydrogen (secondary N) is 1. The maximum Gasteiger partial charge on any atom is 0.329 e. The van der Waals surface area contributed by atoms with Crippen LogP contribution in [-0.2, 0) is 4.79 Å². The number of nitrogens with zero attached hydrogens (tertiary/aromatic N) is 2. The van der Waals surface area contributed by atoms with E-state index in [1.54, 1.807) is 0 Å². The summed E-state index contributed by atoms with van der Waals surface area (Å²) in [6.07, 6.45) is 4.63. The summed E-state index contributed by atoms with van der Waals surface area (Å²) in [4.78, 5) is 28.8. The van der Waals surface area contributed by atoms with Crippen molar-refractivity contribution in [3.05, 3.63) is 23.8 Å². The van der Waals surface area contributed by atoms with Crippen molar-refractivity contribution in [2.75, 3.05) is 23.9 Å². The molecule has 5 heteroatoms. The van der Waals surface area contributed by atoms with Gasteiger partial charge in [-0.25, -0.2) is 9.69 Å². The van der Waals surface area contributed by atoms with E-state index in [9.17, 15) is 9.59 Å². The normalized spacial score (nSPS) is 20.4. The predicted octanol–water partition coefficient (Wildman–Crippen LogP) is 2.82. The molecule has 22 heavy (non-hydrogen) atoms. The lowest BCUT2D eigenvalue weighted by Crippen LogP contribution is -2.48. The van der Waals surface area contributed by atoms with Crippen LogP contribution in [0.5, 0.6) is 0 Å². The average molecular weight is 301 g/mol. The summed E-state index contributed by atoms with van der Waals surface area (Å²) in [5.41, 5.74) is 1.98. The Morgan fingerprint density at radius 1 is 1.14 bits per heavy atom. The third-order valence-corrected chi connectivity index (χ3v) is 4.87. The first kappa shape index (κ1) is 14.9. The zero-order valence-corrected chi connectivity index (χ0v) is 13.5. The number of amides is 3. The van der Waals surface area contributed by atoms with Crippen LogP contribution in [0.4, 0.5) is 16.2 Å². The van der Waals surface area contributed by atoms with Crippen molar-refractivity contribution in [1.29, 1.82) is 0 Å². The van der Waals surface area contributed by atoms with Gasteiger partial charge in [0, 0.05) is 19.8 Å². The largest absolute Gasteiger partial charge is 0.377 e. The second-order valence-electron chi connectivity index (χ2n) is 6.53. The van der Waals surface area contributed by atoms with Crippen LogP contribution < -0.4 is 15.1 Å². The van der Waals surface area contributed by atoms with Crippen molar-refractivity contribution in [3.63, 3.8) is 0 Å². The fraction of sp³-hybridized carbons (Fsp3) is 0.529. The number of imide groups is 1. The minimum Gasteiger partial charge on any atom is -0.377 e. The van der Waals surface area contributed by atoms with E-state index in [0.29, 0.717) is 5.69 Å². The van der Waals surface area contributed by atoms with Crippen molar-refractivity contribution in [2.24, 2.45) is 0 Å². The molecule has 1 N–H and O–H groups in total. The summed E-state index contributed by atoms with van der Waals surface area (Å²) < 4.78 is 0. The topological polar surface area (TPSA) is 52.6 Å². The Morgan fingerprint density at radius 3 is 2.45 bits per heavy atom. The molecule has 5 nitrogen and oxygen atoms in total. The Bertz CT molecular complexity index is 618. The van der Waals surface area contributed by atoms with Gasteiger partial charge in [-0.05, 0) is 37.5 Å². The molecule has 1 aliphatic heterocycles. The van der Waals surface area contributed by atoms with E-state index in [2.05, 4.69) is 5.32 Å². The van der Waals surface area contributed by atoms with Crippen LogP contribution in [0.3, 0.4) is 0 Å². The molecule has 3 amide bonds. The van der Waals surface area contributed by atoms with E-state index in [1.165, 1.54) is 4.90 Å². The maximum absolute atomic E-state index is 13.0. The van der Waals surface area contributed by atoms with Gasteiger partial charge in [-0.2, -0.15) is 0 Å². The van der Waals surface area contributed by atoms with Gasteiger partial charge in [-0.3, -0.25) is 4.79 Å². The second-order valence-corrected chi connectivity index (χ2v) is 6.53. The van der Waals surface area contributed by atoms with Gasteiger partial charge in [0.25, 0.3) is 5.91 Å². The van der Waals surface area contributed by atoms with Gasteiger partial charge in [0.1, 0.15) is 5.54 Å². The molecule has 0 radical (unpaired) electrons. The van der Waals surface area contributed by atoms with E-state index in [-0.39, 0.29) is 11.9 Å². The molecule has 3 rings (SSSR count). The molecule has 0 unspecified atom stereocenters. The second kappa shape index (κ2) is 5.30. The molecular weight excluding hydrogens is 278 g/mol. The van der Waals surface area contributed by atoms with Gasteiger partial charge in [0.05, 0.1) is 5.69 Å². The van der Waals surface area contributed by atoms with Crippen molar-refractivity contribution in [3.8, 4) is 0 Å². The molecule has 2 aliphatic rings. The Balaban J connectivity index is 2.00. The monoisotopic (exact) mass is 301 g/mol. The highest BCUT2D eigenvalue weighted by Gasteiger charge is 2.52. The number of hydrogen-bond acceptors (Lipinski definition) is 3. The maximum atomic E-state index is 13.0. The molecular formula is C17H23N3O2. The molecule has 1 aromatic rings. The van der Waals surface area contributed by atoms with Gasteiger partial charge in [-0.15, -0.1) is 0 Å². The average Bonchev–Trinajstić information content (AvgIpc) is 2.71. The zero-order valence-electron chi connectivity index (χ0n) is 13.5. The number of rotatable bonds is 2. The number of hydrogen-bond donors (Lipinski definition) is 1. The minimum absolute atomic E-state index is 0.0868. The Kier molecular flexibility index (Phi) is 3.59. The van der Waals surface area contributed by atoms with Crippen LogP contribution >= 0.6 is 0 Å². The number of carbonyl (C=O) groups is 2. The highest BCUT2D eigenvalue weighted by molar-refractivity contribution is 6.23. The fourth-order valence-electron chi connectivity index (χ4n) is 3.67. The minimum atomic E-state index is -0.671. The molecule has 1 spiro atoms. The van der Waals surface area contributed by atoms with E-state index in [0.717, 1.165) is 43.4 Å². The standard InChI is InChI=1S/C17H23N3O2/c1-12-13(19(2)3)8-7-9-14(12)20-15(21)17(18-16(20)22)10-5-4-6-11-17/h7-9H,4-6,10-11H2,1-3H3,(H,18,22). The van der Waals surface area contributed by atoms with E-state index < -0.39 is 5.54 Å². The molecule has 118 valence electrons. The van der Waals surface area contributed by atoms with Crippen molar-refractivity contribution in [1.82, 2.24) is 5.32 Å². The zero-order chi connectivity index (χ0) is 15.9. The third kappa shape index (κ3) is 2.16. The van der Waals surface area contributed by atoms with Crippen LogP contribution in [-0.4, -0.2) is 31.6 Å². The quantitative estimate of drug-likeness (QED) is 0.855. The third-order valence-electron chi connectivity index (χ3n) is 4.87. The molecule has 1 aromatic carbocycles. The lowest BCUT2D eigenvalue weighted by Gasteiger charge is -2.30. The molecule has 1 aliphatic carbocycles. The van der Waals surface area contributed by atoms with Gasteiger partial charge >= 0.3 is 6.03 Å². The summed E-state index contributed by atoms with van der Waals surface area (Å²) in [5, 5.41) is 2.97. The Morgan fingerprint density at radius 2 is 1.82 bits per heavy atom. The summed E-state index contributed by atoms with van der Waals surface area (Å²) in [6.45, 7) is 1.96. The van der Waals surface area contributed by atoms with Crippen molar-refractivity contribution >= 4 is 23.3 Å². The summed E-state index contributed by atoms with van der Waals surface area (Å²) in [6, 6.07) is 5.45. The number of urea groups is 1. The lowest BCUT2D eigenvalue weighted by molar-refractivity contribution is -0.123. The fourth-order valence-corrected chi connectivity index (χ4v) is 3.67. The summed E-state index contributed by atoms with van der Waals surface area (Å²) in [7, 11) is 3.92. The molecule has 1 saturated heterocycles. The van der Waals surface area contributed by atoms with Gasteiger partial charge in [0.15, 0.2) is 0 Å². The molecule has 0 atom stereocenters. The molecule has 0 aromatic heterocycles. The Labute approximate surface area is 131 Å². The lowest BCUT2D eigenvalue weighted by atomic mass is 9.81. The van der Waals surface area contributed by atoms with Crippen LogP contribution in [0, 0.1) is 6.92 Å². The van der Waals surface area contributed by atoms with E-state index in [1.807, 2.05) is 44.1 Å². The van der Waals surface area contributed by atoms with Crippen LogP contribution in [0.15, 0.2) is 18.2 Å². The van der Waals surface area contributed by atoms with Crippen LogP contribution in [0.1, 0.15) is 37.7 Å². The molecule has 0 bridgehead atoms. The number of benzene rings is 1. The van der Waals surface area contributed by atoms with Gasteiger partial charge in [-0.1, -0.05) is 25.3 Å². The molecule has 1 saturated carbocycles. The van der Waals surface area contributed by atoms with Crippen LogP contribution in [0.25, 0.3) is 0 Å². The highest BCUT2D eigenvalue weighted by atomic mass is 16.2. The van der Waals surface area contributed by atoms with E-state index >= 15 is 0 Å². The predicted molar refractivity (Wildman–Crippen MR) is 87.3 cm³/mol. The first-order valence-corrected chi connectivity index (χ1v) is 7.90. The SMILES string of the molecule is Cc1c(N(C)C)cccc1N1C(=O)NC2(CCCCC2)C1=O. The molecule has 1 heterocycles. The smallest absolute Gasteiger partial charge is 0.329 e. The first-order valence-electron chi connectivity index (χ1n) is 7.90. The summed E-state index contributed by atoms with van der Waals surface area (Å²) in [5.74, 6) is -0.0868. The highest BCUT2D eigenvalue weighted by Crippen LogP contribution is 2.38. The molecule has 2 fully saturated rings. The summed E-state index contributed by atoms with van der Waals surface area (Å²) >= 11 is 0. The van der Waals surface area contributed by atoms with E-state index in [4.69, 9.17) is 0 Å².